The molecule has 0 aliphatic heterocycles. The van der Waals surface area contributed by atoms with Gasteiger partial charge in [0.2, 0.25) is 0 Å². The minimum Gasteiger partial charge on any atom is -0.497 e. The topological polar surface area (TPSA) is 42.5 Å². The van der Waals surface area contributed by atoms with E-state index in [4.69, 9.17) is 9.47 Å². The predicted molar refractivity (Wildman–Crippen MR) is 150 cm³/mol. The molecule has 0 saturated carbocycles. The maximum atomic E-state index is 5.24. The fourth-order valence-corrected chi connectivity index (χ4v) is 4.13. The molecular formula is C32H28N2O2. The van der Waals surface area contributed by atoms with Gasteiger partial charge in [0, 0.05) is 22.7 Å². The third kappa shape index (κ3) is 5.34. The van der Waals surface area contributed by atoms with Gasteiger partial charge in [-0.2, -0.15) is 0 Å². The van der Waals surface area contributed by atoms with Crippen molar-refractivity contribution in [1.82, 2.24) is 0 Å². The highest BCUT2D eigenvalue weighted by Crippen LogP contribution is 2.34. The second-order valence-corrected chi connectivity index (χ2v) is 8.41. The lowest BCUT2D eigenvalue weighted by atomic mass is 9.94. The highest BCUT2D eigenvalue weighted by molar-refractivity contribution is 5.84. The van der Waals surface area contributed by atoms with Gasteiger partial charge in [0.25, 0.3) is 0 Å². The molecule has 0 aromatic heterocycles. The highest BCUT2D eigenvalue weighted by Gasteiger charge is 2.08. The molecule has 36 heavy (non-hydrogen) atoms. The van der Waals surface area contributed by atoms with Crippen molar-refractivity contribution in [1.29, 1.82) is 0 Å². The van der Waals surface area contributed by atoms with Gasteiger partial charge in [0.05, 0.1) is 14.2 Å². The van der Waals surface area contributed by atoms with Crippen LogP contribution in [0.25, 0.3) is 22.3 Å². The summed E-state index contributed by atoms with van der Waals surface area (Å²) in [6.45, 7) is 0. The Morgan fingerprint density at radius 1 is 0.389 bits per heavy atom. The quantitative estimate of drug-likeness (QED) is 0.237. The third-order valence-electron chi connectivity index (χ3n) is 6.08. The van der Waals surface area contributed by atoms with Crippen LogP contribution in [0, 0.1) is 0 Å². The van der Waals surface area contributed by atoms with E-state index in [2.05, 4.69) is 83.4 Å². The van der Waals surface area contributed by atoms with Crippen molar-refractivity contribution in [2.45, 2.75) is 0 Å². The lowest BCUT2D eigenvalue weighted by Crippen LogP contribution is -1.92. The van der Waals surface area contributed by atoms with Crippen molar-refractivity contribution in [2.24, 2.45) is 0 Å². The molecule has 0 atom stereocenters. The molecule has 0 bridgehead atoms. The molecule has 5 aromatic carbocycles. The Morgan fingerprint density at radius 2 is 0.694 bits per heavy atom. The van der Waals surface area contributed by atoms with Crippen LogP contribution in [0.2, 0.25) is 0 Å². The van der Waals surface area contributed by atoms with Crippen LogP contribution in [0.3, 0.4) is 0 Å². The average Bonchev–Trinajstić information content (AvgIpc) is 2.95. The molecule has 0 unspecified atom stereocenters. The molecule has 0 heterocycles. The molecule has 0 aliphatic carbocycles. The first kappa shape index (κ1) is 23.1. The monoisotopic (exact) mass is 472 g/mol. The summed E-state index contributed by atoms with van der Waals surface area (Å²) in [6.07, 6.45) is 0. The van der Waals surface area contributed by atoms with Gasteiger partial charge >= 0.3 is 0 Å². The number of hydrogen-bond donors (Lipinski definition) is 2. The second kappa shape index (κ2) is 10.7. The Kier molecular flexibility index (Phi) is 6.86. The van der Waals surface area contributed by atoms with Crippen molar-refractivity contribution in [3.63, 3.8) is 0 Å². The third-order valence-corrected chi connectivity index (χ3v) is 6.08. The van der Waals surface area contributed by atoms with Crippen molar-refractivity contribution < 1.29 is 9.47 Å². The maximum absolute atomic E-state index is 5.24. The summed E-state index contributed by atoms with van der Waals surface area (Å²) < 4.78 is 10.5. The van der Waals surface area contributed by atoms with Gasteiger partial charge in [0.15, 0.2) is 0 Å². The normalized spacial score (nSPS) is 10.5. The standard InChI is InChI=1S/C32H28N2O2/c1-35-29-19-15-27(16-20-29)33-25-11-7-23(8-12-25)31-5-3-4-6-32(31)24-9-13-26(14-10-24)34-28-17-21-30(36-2)22-18-28/h3-22,33-34H,1-2H3. The van der Waals surface area contributed by atoms with Crippen LogP contribution in [0.15, 0.2) is 121 Å². The summed E-state index contributed by atoms with van der Waals surface area (Å²) in [5.74, 6) is 1.69. The molecule has 5 rings (SSSR count). The van der Waals surface area contributed by atoms with Gasteiger partial charge in [0.1, 0.15) is 11.5 Å². The fraction of sp³-hybridized carbons (Fsp3) is 0.0625. The predicted octanol–water partition coefficient (Wildman–Crippen LogP) is 8.53. The number of anilines is 4. The number of benzene rings is 5. The van der Waals surface area contributed by atoms with Gasteiger partial charge in [-0.3, -0.25) is 0 Å². The maximum Gasteiger partial charge on any atom is 0.119 e. The molecule has 178 valence electrons. The molecule has 0 spiro atoms. The molecule has 4 heteroatoms. The zero-order valence-corrected chi connectivity index (χ0v) is 20.4. The molecule has 2 N–H and O–H groups in total. The van der Waals surface area contributed by atoms with Crippen molar-refractivity contribution in [3.8, 4) is 33.8 Å². The molecule has 0 amide bonds. The first-order valence-electron chi connectivity index (χ1n) is 11.8. The summed E-state index contributed by atoms with van der Waals surface area (Å²) in [5, 5.41) is 6.89. The summed E-state index contributed by atoms with van der Waals surface area (Å²) in [7, 11) is 3.35. The van der Waals surface area contributed by atoms with Crippen LogP contribution in [0.1, 0.15) is 0 Å². The van der Waals surface area contributed by atoms with E-state index < -0.39 is 0 Å². The first-order chi connectivity index (χ1) is 17.7. The Hall–Kier alpha value is -4.70. The van der Waals surface area contributed by atoms with Gasteiger partial charge in [-0.15, -0.1) is 0 Å². The molecule has 0 radical (unpaired) electrons. The summed E-state index contributed by atoms with van der Waals surface area (Å²) in [4.78, 5) is 0. The number of ether oxygens (including phenoxy) is 2. The van der Waals surface area contributed by atoms with Gasteiger partial charge in [-0.05, 0) is 95.1 Å². The van der Waals surface area contributed by atoms with Crippen molar-refractivity contribution >= 4 is 22.7 Å². The lowest BCUT2D eigenvalue weighted by molar-refractivity contribution is 0.415. The minimum atomic E-state index is 0.844. The van der Waals surface area contributed by atoms with E-state index in [0.717, 1.165) is 34.2 Å². The van der Waals surface area contributed by atoms with Crippen LogP contribution in [0.5, 0.6) is 11.5 Å². The van der Waals surface area contributed by atoms with Crippen LogP contribution < -0.4 is 20.1 Å². The Balaban J connectivity index is 1.33. The van der Waals surface area contributed by atoms with Crippen molar-refractivity contribution in [2.75, 3.05) is 24.9 Å². The van der Waals surface area contributed by atoms with E-state index in [1.165, 1.54) is 22.3 Å². The first-order valence-corrected chi connectivity index (χ1v) is 11.8. The molecule has 4 nitrogen and oxygen atoms in total. The van der Waals surface area contributed by atoms with E-state index in [9.17, 15) is 0 Å². The smallest absolute Gasteiger partial charge is 0.119 e. The zero-order chi connectivity index (χ0) is 24.7. The average molecular weight is 473 g/mol. The van der Waals surface area contributed by atoms with Crippen LogP contribution in [0.4, 0.5) is 22.7 Å². The summed E-state index contributed by atoms with van der Waals surface area (Å²) in [5.41, 5.74) is 8.86. The highest BCUT2D eigenvalue weighted by atomic mass is 16.5. The molecule has 5 aromatic rings. The van der Waals surface area contributed by atoms with Gasteiger partial charge < -0.3 is 20.1 Å². The molecule has 0 saturated heterocycles. The SMILES string of the molecule is COc1ccc(Nc2ccc(-c3ccccc3-c3ccc(Nc4ccc(OC)cc4)cc3)cc2)cc1. The summed E-state index contributed by atoms with van der Waals surface area (Å²) >= 11 is 0. The van der Waals surface area contributed by atoms with Gasteiger partial charge in [-0.25, -0.2) is 0 Å². The molecular weight excluding hydrogens is 444 g/mol. The van der Waals surface area contributed by atoms with E-state index >= 15 is 0 Å². The lowest BCUT2D eigenvalue weighted by Gasteiger charge is -2.13. The zero-order valence-electron chi connectivity index (χ0n) is 20.4. The van der Waals surface area contributed by atoms with E-state index in [0.29, 0.717) is 0 Å². The van der Waals surface area contributed by atoms with Crippen LogP contribution in [-0.2, 0) is 0 Å². The Labute approximate surface area is 212 Å². The number of methoxy groups -OCH3 is 2. The molecule has 0 aliphatic rings. The second-order valence-electron chi connectivity index (χ2n) is 8.41. The number of rotatable bonds is 8. The van der Waals surface area contributed by atoms with E-state index in [1.807, 2.05) is 48.5 Å². The number of hydrogen-bond acceptors (Lipinski definition) is 4. The Bertz CT molecular complexity index is 1300. The Morgan fingerprint density at radius 3 is 1.00 bits per heavy atom. The van der Waals surface area contributed by atoms with Gasteiger partial charge in [-0.1, -0.05) is 48.5 Å². The largest absolute Gasteiger partial charge is 0.497 e. The number of nitrogens with one attached hydrogen (secondary N) is 2. The van der Waals surface area contributed by atoms with Crippen LogP contribution in [-0.4, -0.2) is 14.2 Å². The summed E-state index contributed by atoms with van der Waals surface area (Å²) in [6, 6.07) is 41.4. The van der Waals surface area contributed by atoms with E-state index in [1.54, 1.807) is 14.2 Å². The fourth-order valence-electron chi connectivity index (χ4n) is 4.13. The van der Waals surface area contributed by atoms with Crippen molar-refractivity contribution in [3.05, 3.63) is 121 Å². The van der Waals surface area contributed by atoms with E-state index in [-0.39, 0.29) is 0 Å². The molecule has 0 fully saturated rings. The van der Waals surface area contributed by atoms with Crippen LogP contribution >= 0.6 is 0 Å². The minimum absolute atomic E-state index is 0.844.